The van der Waals surface area contributed by atoms with Gasteiger partial charge in [-0.2, -0.15) is 0 Å². The Kier molecular flexibility index (Phi) is 4.31. The van der Waals surface area contributed by atoms with Crippen LogP contribution in [0.2, 0.25) is 0 Å². The molecule has 1 aromatic carbocycles. The predicted octanol–water partition coefficient (Wildman–Crippen LogP) is 1.78. The van der Waals surface area contributed by atoms with Gasteiger partial charge in [-0.15, -0.1) is 0 Å². The van der Waals surface area contributed by atoms with E-state index in [1.54, 1.807) is 30.3 Å². The lowest BCUT2D eigenvalue weighted by Gasteiger charge is -2.10. The summed E-state index contributed by atoms with van der Waals surface area (Å²) >= 11 is 6.05. The zero-order valence-electron chi connectivity index (χ0n) is 10.1. The Morgan fingerprint density at radius 3 is 2.45 bits per heavy atom. The third kappa shape index (κ3) is 3.12. The van der Waals surface area contributed by atoms with Crippen molar-refractivity contribution < 1.29 is 19.5 Å². The average Bonchev–Trinajstić information content (AvgIpc) is 2.67. The zero-order valence-corrected chi connectivity index (χ0v) is 11.7. The van der Waals surface area contributed by atoms with E-state index >= 15 is 0 Å². The van der Waals surface area contributed by atoms with Crippen molar-refractivity contribution in [2.45, 2.75) is 0 Å². The van der Waals surface area contributed by atoms with E-state index < -0.39 is 18.4 Å². The second kappa shape index (κ2) is 5.98. The molecule has 0 aliphatic carbocycles. The lowest BCUT2D eigenvalue weighted by atomic mass is 10.1. The maximum atomic E-state index is 12.0. The molecule has 5 nitrogen and oxygen atoms in total. The number of benzene rings is 1. The number of carbonyl (C=O) groups is 3. The summed E-state index contributed by atoms with van der Waals surface area (Å²) in [5.41, 5.74) is 1.28. The van der Waals surface area contributed by atoms with Crippen LogP contribution in [0.1, 0.15) is 15.9 Å². The van der Waals surface area contributed by atoms with Crippen molar-refractivity contribution in [2.24, 2.45) is 0 Å². The number of rotatable bonds is 4. The molecule has 0 bridgehead atoms. The van der Waals surface area contributed by atoms with Crippen molar-refractivity contribution in [2.75, 3.05) is 6.54 Å². The lowest BCUT2D eigenvalue weighted by Crippen LogP contribution is -2.33. The molecule has 0 spiro atoms. The number of carbonyl (C=O) groups excluding carboxylic acids is 2. The Morgan fingerprint density at radius 1 is 1.30 bits per heavy atom. The monoisotopic (exact) mass is 307 g/mol. The standard InChI is InChI=1S/C13H9NO4S2/c15-7-9-3-1-8(2-4-9)5-10-12(18)14(6-11(16)17)13(19)20-10/h1-5,7H,6H2,(H,16,17)/b10-5+. The predicted molar refractivity (Wildman–Crippen MR) is 79.3 cm³/mol. The van der Waals surface area contributed by atoms with E-state index in [0.29, 0.717) is 10.5 Å². The maximum Gasteiger partial charge on any atom is 0.323 e. The fourth-order valence-electron chi connectivity index (χ4n) is 1.59. The molecule has 0 radical (unpaired) electrons. The first-order valence-corrected chi connectivity index (χ1v) is 6.76. The normalized spacial score (nSPS) is 16.8. The van der Waals surface area contributed by atoms with Crippen LogP contribution in [-0.2, 0) is 9.59 Å². The van der Waals surface area contributed by atoms with E-state index in [-0.39, 0.29) is 4.32 Å². The fourth-order valence-corrected chi connectivity index (χ4v) is 2.85. The van der Waals surface area contributed by atoms with Crippen LogP contribution in [0.4, 0.5) is 0 Å². The van der Waals surface area contributed by atoms with Crippen LogP contribution in [0.15, 0.2) is 29.2 Å². The Bertz CT molecular complexity index is 622. The summed E-state index contributed by atoms with van der Waals surface area (Å²) in [4.78, 5) is 34.6. The molecule has 7 heteroatoms. The molecule has 1 amide bonds. The Hall–Kier alpha value is -1.99. The van der Waals surface area contributed by atoms with Crippen molar-refractivity contribution >= 4 is 52.5 Å². The number of carboxylic acids is 1. The summed E-state index contributed by atoms with van der Waals surface area (Å²) in [6.45, 7) is -0.438. The summed E-state index contributed by atoms with van der Waals surface area (Å²) in [5, 5.41) is 8.73. The molecule has 1 aliphatic heterocycles. The number of thioether (sulfide) groups is 1. The van der Waals surface area contributed by atoms with E-state index in [9.17, 15) is 14.4 Å². The summed E-state index contributed by atoms with van der Waals surface area (Å²) in [6.07, 6.45) is 2.35. The minimum absolute atomic E-state index is 0.230. The van der Waals surface area contributed by atoms with Gasteiger partial charge in [-0.3, -0.25) is 19.3 Å². The molecule has 0 saturated carbocycles. The van der Waals surface area contributed by atoms with Crippen LogP contribution in [0.25, 0.3) is 6.08 Å². The van der Waals surface area contributed by atoms with Crippen LogP contribution in [-0.4, -0.2) is 39.0 Å². The van der Waals surface area contributed by atoms with Gasteiger partial charge >= 0.3 is 5.97 Å². The number of hydrogen-bond donors (Lipinski definition) is 1. The molecule has 1 heterocycles. The van der Waals surface area contributed by atoms with E-state index in [0.717, 1.165) is 28.5 Å². The van der Waals surface area contributed by atoms with Gasteiger partial charge in [-0.1, -0.05) is 48.2 Å². The second-order valence-corrected chi connectivity index (χ2v) is 5.62. The van der Waals surface area contributed by atoms with Crippen molar-refractivity contribution in [1.29, 1.82) is 0 Å². The number of aldehydes is 1. The van der Waals surface area contributed by atoms with Crippen LogP contribution in [0.5, 0.6) is 0 Å². The van der Waals surface area contributed by atoms with Crippen LogP contribution in [0.3, 0.4) is 0 Å². The summed E-state index contributed by atoms with van der Waals surface area (Å²) in [5.74, 6) is -1.53. The maximum absolute atomic E-state index is 12.0. The van der Waals surface area contributed by atoms with E-state index in [1.165, 1.54) is 0 Å². The molecule has 0 unspecified atom stereocenters. The van der Waals surface area contributed by atoms with E-state index in [1.807, 2.05) is 0 Å². The molecule has 1 fully saturated rings. The summed E-state index contributed by atoms with van der Waals surface area (Å²) in [7, 11) is 0. The number of amides is 1. The molecule has 1 N–H and O–H groups in total. The lowest BCUT2D eigenvalue weighted by molar-refractivity contribution is -0.140. The Balaban J connectivity index is 2.22. The van der Waals surface area contributed by atoms with Gasteiger partial charge in [-0.05, 0) is 11.6 Å². The zero-order chi connectivity index (χ0) is 14.7. The van der Waals surface area contributed by atoms with E-state index in [2.05, 4.69) is 0 Å². The van der Waals surface area contributed by atoms with Crippen LogP contribution in [0, 0.1) is 0 Å². The fraction of sp³-hybridized carbons (Fsp3) is 0.0769. The number of carboxylic acid groups (broad SMARTS) is 1. The Labute approximate surface area is 124 Å². The molecule has 0 atom stereocenters. The highest BCUT2D eigenvalue weighted by Gasteiger charge is 2.33. The number of nitrogens with zero attached hydrogens (tertiary/aromatic N) is 1. The van der Waals surface area contributed by atoms with Gasteiger partial charge in [0.2, 0.25) is 0 Å². The van der Waals surface area contributed by atoms with Crippen LogP contribution < -0.4 is 0 Å². The highest BCUT2D eigenvalue weighted by molar-refractivity contribution is 8.26. The molecule has 0 aromatic heterocycles. The number of aliphatic carboxylic acids is 1. The molecule has 1 saturated heterocycles. The van der Waals surface area contributed by atoms with Gasteiger partial charge in [0.1, 0.15) is 17.2 Å². The van der Waals surface area contributed by atoms with Crippen molar-refractivity contribution in [1.82, 2.24) is 4.90 Å². The van der Waals surface area contributed by atoms with Gasteiger partial charge in [0, 0.05) is 5.56 Å². The van der Waals surface area contributed by atoms with Gasteiger partial charge in [0.15, 0.2) is 0 Å². The second-order valence-electron chi connectivity index (χ2n) is 3.95. The molecule has 102 valence electrons. The largest absolute Gasteiger partial charge is 0.480 e. The highest BCUT2D eigenvalue weighted by Crippen LogP contribution is 2.32. The topological polar surface area (TPSA) is 74.7 Å². The Morgan fingerprint density at radius 2 is 1.90 bits per heavy atom. The third-order valence-electron chi connectivity index (χ3n) is 2.54. The molecule has 20 heavy (non-hydrogen) atoms. The first-order chi connectivity index (χ1) is 9.51. The van der Waals surface area contributed by atoms with Gasteiger partial charge in [0.25, 0.3) is 5.91 Å². The van der Waals surface area contributed by atoms with Gasteiger partial charge in [0.05, 0.1) is 4.91 Å². The molecule has 2 rings (SSSR count). The quantitative estimate of drug-likeness (QED) is 0.519. The summed E-state index contributed by atoms with van der Waals surface area (Å²) in [6, 6.07) is 6.68. The smallest absolute Gasteiger partial charge is 0.323 e. The first kappa shape index (κ1) is 14.4. The average molecular weight is 307 g/mol. The molecular formula is C13H9NO4S2. The highest BCUT2D eigenvalue weighted by atomic mass is 32.2. The van der Waals surface area contributed by atoms with Crippen molar-refractivity contribution in [3.05, 3.63) is 40.3 Å². The van der Waals surface area contributed by atoms with Gasteiger partial charge < -0.3 is 5.11 Å². The molecule has 1 aliphatic rings. The number of thiocarbonyl (C=S) groups is 1. The van der Waals surface area contributed by atoms with Gasteiger partial charge in [-0.25, -0.2) is 0 Å². The SMILES string of the molecule is O=Cc1ccc(/C=C2/SC(=S)N(CC(=O)O)C2=O)cc1. The van der Waals surface area contributed by atoms with Crippen LogP contribution >= 0.6 is 24.0 Å². The third-order valence-corrected chi connectivity index (χ3v) is 3.92. The van der Waals surface area contributed by atoms with E-state index in [4.69, 9.17) is 17.3 Å². The summed E-state index contributed by atoms with van der Waals surface area (Å²) < 4.78 is 0.230. The molecular weight excluding hydrogens is 298 g/mol. The number of hydrogen-bond acceptors (Lipinski definition) is 5. The minimum Gasteiger partial charge on any atom is -0.480 e. The van der Waals surface area contributed by atoms with Crippen molar-refractivity contribution in [3.63, 3.8) is 0 Å². The minimum atomic E-state index is -1.11. The van der Waals surface area contributed by atoms with Crippen molar-refractivity contribution in [3.8, 4) is 0 Å². The first-order valence-electron chi connectivity index (χ1n) is 5.53. The molecule has 1 aromatic rings.